The van der Waals surface area contributed by atoms with E-state index in [1.54, 1.807) is 29.0 Å². The molecule has 7 nitrogen and oxygen atoms in total. The van der Waals surface area contributed by atoms with E-state index < -0.39 is 23.0 Å². The molecule has 5 aromatic rings. The van der Waals surface area contributed by atoms with Crippen molar-refractivity contribution in [2.45, 2.75) is 13.5 Å². The number of H-pyrrole nitrogens is 1. The maximum atomic E-state index is 14.6. The van der Waals surface area contributed by atoms with Gasteiger partial charge in [-0.2, -0.15) is 0 Å². The Morgan fingerprint density at radius 1 is 1.18 bits per heavy atom. The molecule has 10 heteroatoms. The molecular weight excluding hydrogens is 469 g/mol. The second kappa shape index (κ2) is 7.72. The Kier molecular flexibility index (Phi) is 4.95. The minimum atomic E-state index is -1.37. The number of hydrogen-bond acceptors (Lipinski definition) is 4. The van der Waals surface area contributed by atoms with Gasteiger partial charge in [-0.1, -0.05) is 29.3 Å². The number of rotatable bonds is 4. The van der Waals surface area contributed by atoms with Crippen LogP contribution in [0.1, 0.15) is 21.6 Å². The number of aromatic nitrogens is 3. The maximum absolute atomic E-state index is 14.6. The van der Waals surface area contributed by atoms with Gasteiger partial charge in [0.25, 0.3) is 5.56 Å². The third-order valence-electron chi connectivity index (χ3n) is 5.54. The number of nitrogens with zero attached hydrogens (tertiary/aromatic N) is 2. The van der Waals surface area contributed by atoms with Gasteiger partial charge in [-0.15, -0.1) is 11.3 Å². The van der Waals surface area contributed by atoms with E-state index in [1.807, 2.05) is 6.92 Å². The van der Waals surface area contributed by atoms with Crippen molar-refractivity contribution < 1.29 is 14.3 Å². The van der Waals surface area contributed by atoms with E-state index in [0.29, 0.717) is 16.4 Å². The molecule has 0 spiro atoms. The SMILES string of the molecule is Cc1ccc2c(c1)c(-n1c(=O)[nH]c3cscc3c1=O)c(C(=O)O)n2Cc1c(F)cccc1Cl. The van der Waals surface area contributed by atoms with Crippen molar-refractivity contribution in [3.8, 4) is 5.69 Å². The van der Waals surface area contributed by atoms with Crippen LogP contribution in [0, 0.1) is 12.7 Å². The summed E-state index contributed by atoms with van der Waals surface area (Å²) in [6.07, 6.45) is 0. The highest BCUT2D eigenvalue weighted by Gasteiger charge is 2.27. The standard InChI is InChI=1S/C23H15ClFN3O4S/c1-11-5-6-18-12(7-11)19(28-21(29)14-9-33-10-17(14)26-23(28)32)20(22(30)31)27(18)8-13-15(24)3-2-4-16(13)25/h2-7,9-10H,8H2,1H3,(H,26,32)(H,30,31). The van der Waals surface area contributed by atoms with E-state index in [1.165, 1.54) is 34.1 Å². The van der Waals surface area contributed by atoms with Gasteiger partial charge in [0, 0.05) is 26.7 Å². The number of fused-ring (bicyclic) bond motifs is 2. The smallest absolute Gasteiger partial charge is 0.354 e. The molecule has 0 radical (unpaired) electrons. The van der Waals surface area contributed by atoms with Gasteiger partial charge < -0.3 is 14.7 Å². The van der Waals surface area contributed by atoms with Crippen LogP contribution in [-0.2, 0) is 6.54 Å². The Bertz CT molecular complexity index is 1690. The molecule has 5 rings (SSSR count). The van der Waals surface area contributed by atoms with E-state index in [0.717, 1.165) is 10.1 Å². The molecule has 0 unspecified atom stereocenters. The highest BCUT2D eigenvalue weighted by Crippen LogP contribution is 2.32. The van der Waals surface area contributed by atoms with Crippen LogP contribution in [0.25, 0.3) is 27.5 Å². The molecule has 33 heavy (non-hydrogen) atoms. The molecule has 0 amide bonds. The quantitative estimate of drug-likeness (QED) is 0.392. The number of thiophene rings is 1. The van der Waals surface area contributed by atoms with E-state index in [-0.39, 0.29) is 33.9 Å². The predicted molar refractivity (Wildman–Crippen MR) is 126 cm³/mol. The fraction of sp³-hybridized carbons (Fsp3) is 0.0870. The Labute approximate surface area is 193 Å². The Morgan fingerprint density at radius 2 is 1.97 bits per heavy atom. The van der Waals surface area contributed by atoms with Gasteiger partial charge in [0.05, 0.1) is 28.7 Å². The molecule has 0 aliphatic rings. The molecule has 2 aromatic carbocycles. The zero-order valence-electron chi connectivity index (χ0n) is 17.1. The number of carboxylic acids is 1. The fourth-order valence-electron chi connectivity index (χ4n) is 4.05. The molecule has 0 saturated carbocycles. The van der Waals surface area contributed by atoms with E-state index >= 15 is 0 Å². The first-order chi connectivity index (χ1) is 15.8. The van der Waals surface area contributed by atoms with Crippen molar-refractivity contribution in [1.82, 2.24) is 14.1 Å². The van der Waals surface area contributed by atoms with Crippen molar-refractivity contribution in [3.63, 3.8) is 0 Å². The van der Waals surface area contributed by atoms with Crippen LogP contribution in [-0.4, -0.2) is 25.2 Å². The lowest BCUT2D eigenvalue weighted by Gasteiger charge is -2.12. The molecule has 3 aromatic heterocycles. The highest BCUT2D eigenvalue weighted by atomic mass is 35.5. The zero-order valence-corrected chi connectivity index (χ0v) is 18.6. The molecule has 0 atom stereocenters. The molecule has 0 fully saturated rings. The summed E-state index contributed by atoms with van der Waals surface area (Å²) < 4.78 is 16.8. The molecule has 0 aliphatic carbocycles. The summed E-state index contributed by atoms with van der Waals surface area (Å²) in [5.41, 5.74) is -0.113. The summed E-state index contributed by atoms with van der Waals surface area (Å²) >= 11 is 7.45. The number of benzene rings is 2. The molecular formula is C23H15ClFN3O4S. The van der Waals surface area contributed by atoms with Crippen LogP contribution in [0.3, 0.4) is 0 Å². The summed E-state index contributed by atoms with van der Waals surface area (Å²) in [7, 11) is 0. The first-order valence-electron chi connectivity index (χ1n) is 9.78. The van der Waals surface area contributed by atoms with Crippen molar-refractivity contribution in [2.75, 3.05) is 0 Å². The Hall–Kier alpha value is -3.69. The van der Waals surface area contributed by atoms with Crippen molar-refractivity contribution in [3.05, 3.63) is 95.7 Å². The number of carbonyl (C=O) groups is 1. The topological polar surface area (TPSA) is 97.1 Å². The molecule has 0 aliphatic heterocycles. The van der Waals surface area contributed by atoms with Crippen molar-refractivity contribution in [1.29, 1.82) is 0 Å². The van der Waals surface area contributed by atoms with Gasteiger partial charge in [0.2, 0.25) is 0 Å². The number of aromatic amines is 1. The summed E-state index contributed by atoms with van der Waals surface area (Å²) in [5, 5.41) is 14.2. The van der Waals surface area contributed by atoms with Crippen LogP contribution in [0.4, 0.5) is 4.39 Å². The van der Waals surface area contributed by atoms with Crippen LogP contribution in [0.15, 0.2) is 56.7 Å². The van der Waals surface area contributed by atoms with Crippen molar-refractivity contribution >= 4 is 50.7 Å². The number of nitrogens with one attached hydrogen (secondary N) is 1. The van der Waals surface area contributed by atoms with E-state index in [4.69, 9.17) is 11.6 Å². The number of aromatic carboxylic acids is 1. The highest BCUT2D eigenvalue weighted by molar-refractivity contribution is 7.09. The summed E-state index contributed by atoms with van der Waals surface area (Å²) in [4.78, 5) is 41.3. The van der Waals surface area contributed by atoms with Gasteiger partial charge in [0.15, 0.2) is 5.69 Å². The monoisotopic (exact) mass is 483 g/mol. The minimum absolute atomic E-state index is 0.0759. The van der Waals surface area contributed by atoms with Gasteiger partial charge in [-0.3, -0.25) is 4.79 Å². The molecule has 0 saturated heterocycles. The van der Waals surface area contributed by atoms with Gasteiger partial charge >= 0.3 is 11.7 Å². The van der Waals surface area contributed by atoms with Gasteiger partial charge in [-0.05, 0) is 31.2 Å². The first-order valence-corrected chi connectivity index (χ1v) is 11.1. The number of carboxylic acid groups (broad SMARTS) is 1. The molecule has 166 valence electrons. The normalized spacial score (nSPS) is 11.5. The van der Waals surface area contributed by atoms with Crippen LogP contribution in [0.2, 0.25) is 5.02 Å². The third kappa shape index (κ3) is 3.28. The average molecular weight is 484 g/mol. The third-order valence-corrected chi connectivity index (χ3v) is 6.63. The summed E-state index contributed by atoms with van der Waals surface area (Å²) in [6, 6.07) is 9.34. The predicted octanol–water partition coefficient (Wildman–Crippen LogP) is 4.54. The summed E-state index contributed by atoms with van der Waals surface area (Å²) in [5.74, 6) is -1.97. The second-order valence-corrected chi connectivity index (χ2v) is 8.73. The van der Waals surface area contributed by atoms with Gasteiger partial charge in [-0.25, -0.2) is 18.5 Å². The van der Waals surface area contributed by atoms with Crippen LogP contribution in [0.5, 0.6) is 0 Å². The Balaban J connectivity index is 1.93. The molecule has 3 heterocycles. The van der Waals surface area contributed by atoms with Crippen LogP contribution >= 0.6 is 22.9 Å². The Morgan fingerprint density at radius 3 is 2.70 bits per heavy atom. The first kappa shape index (κ1) is 21.2. The molecule has 0 bridgehead atoms. The lowest BCUT2D eigenvalue weighted by Crippen LogP contribution is -2.34. The number of hydrogen-bond donors (Lipinski definition) is 2. The largest absolute Gasteiger partial charge is 0.477 e. The van der Waals surface area contributed by atoms with Crippen LogP contribution < -0.4 is 11.2 Å². The minimum Gasteiger partial charge on any atom is -0.477 e. The lowest BCUT2D eigenvalue weighted by atomic mass is 10.1. The van der Waals surface area contributed by atoms with E-state index in [2.05, 4.69) is 4.98 Å². The zero-order chi connectivity index (χ0) is 23.4. The average Bonchev–Trinajstić information content (AvgIpc) is 3.34. The lowest BCUT2D eigenvalue weighted by molar-refractivity contribution is 0.0686. The number of halogens is 2. The molecule has 2 N–H and O–H groups in total. The van der Waals surface area contributed by atoms with Gasteiger partial charge in [0.1, 0.15) is 5.82 Å². The number of aryl methyl sites for hydroxylation is 1. The second-order valence-electron chi connectivity index (χ2n) is 7.58. The summed E-state index contributed by atoms with van der Waals surface area (Å²) in [6.45, 7) is 1.60. The fourth-order valence-corrected chi connectivity index (χ4v) is 5.02. The van der Waals surface area contributed by atoms with Crippen molar-refractivity contribution in [2.24, 2.45) is 0 Å². The van der Waals surface area contributed by atoms with E-state index in [9.17, 15) is 23.9 Å². The maximum Gasteiger partial charge on any atom is 0.354 e.